The number of halogens is 1. The molecule has 0 bridgehead atoms. The lowest BCUT2D eigenvalue weighted by molar-refractivity contribution is 0.418. The van der Waals surface area contributed by atoms with E-state index >= 15 is 0 Å². The molecule has 0 aliphatic carbocycles. The van der Waals surface area contributed by atoms with Crippen molar-refractivity contribution in [3.05, 3.63) is 36.0 Å². The molecule has 0 aliphatic rings. The van der Waals surface area contributed by atoms with Crippen molar-refractivity contribution >= 4 is 0 Å². The zero-order valence-corrected chi connectivity index (χ0v) is 6.99. The fourth-order valence-electron chi connectivity index (χ4n) is 1.20. The topological polar surface area (TPSA) is 38.9 Å². The van der Waals surface area contributed by atoms with Crippen molar-refractivity contribution in [1.82, 2.24) is 10.1 Å². The Morgan fingerprint density at radius 1 is 1.38 bits per heavy atom. The molecule has 0 unspecified atom stereocenters. The quantitative estimate of drug-likeness (QED) is 0.671. The third-order valence-corrected chi connectivity index (χ3v) is 1.81. The molecule has 0 N–H and O–H groups in total. The van der Waals surface area contributed by atoms with E-state index in [1.165, 1.54) is 12.5 Å². The molecule has 1 aromatic heterocycles. The third-order valence-electron chi connectivity index (χ3n) is 1.81. The Kier molecular flexibility index (Phi) is 1.81. The molecule has 1 aromatic carbocycles. The zero-order valence-electron chi connectivity index (χ0n) is 6.99. The Hall–Kier alpha value is -1.71. The highest BCUT2D eigenvalue weighted by atomic mass is 19.1. The fourth-order valence-corrected chi connectivity index (χ4v) is 1.20. The number of aromatic nitrogens is 2. The first-order valence-electron chi connectivity index (χ1n) is 3.81. The molecule has 3 nitrogen and oxygen atoms in total. The van der Waals surface area contributed by atoms with Gasteiger partial charge in [0, 0.05) is 0 Å². The first-order chi connectivity index (χ1) is 6.29. The van der Waals surface area contributed by atoms with Crippen molar-refractivity contribution < 1.29 is 8.91 Å². The lowest BCUT2D eigenvalue weighted by atomic mass is 10.1. The number of nitrogens with zero attached hydrogens (tertiary/aromatic N) is 2. The molecule has 0 saturated heterocycles. The highest BCUT2D eigenvalue weighted by Gasteiger charge is 2.11. The maximum atomic E-state index is 13.3. The monoisotopic (exact) mass is 178 g/mol. The molecule has 0 aliphatic heterocycles. The molecular weight excluding hydrogens is 171 g/mol. The van der Waals surface area contributed by atoms with Crippen molar-refractivity contribution in [3.8, 4) is 11.4 Å². The molecule has 0 radical (unpaired) electrons. The van der Waals surface area contributed by atoms with E-state index in [-0.39, 0.29) is 11.6 Å². The van der Waals surface area contributed by atoms with Gasteiger partial charge < -0.3 is 4.52 Å². The number of aryl methyl sites for hydroxylation is 1. The molecule has 4 heteroatoms. The summed E-state index contributed by atoms with van der Waals surface area (Å²) in [5.41, 5.74) is 1.19. The average molecular weight is 178 g/mol. The van der Waals surface area contributed by atoms with Crippen LogP contribution in [-0.4, -0.2) is 10.1 Å². The molecule has 1 heterocycles. The number of rotatable bonds is 1. The third kappa shape index (κ3) is 1.30. The second kappa shape index (κ2) is 2.97. The van der Waals surface area contributed by atoms with E-state index in [9.17, 15) is 4.39 Å². The summed E-state index contributed by atoms with van der Waals surface area (Å²) < 4.78 is 17.8. The van der Waals surface area contributed by atoms with E-state index in [1.807, 2.05) is 0 Å². The van der Waals surface area contributed by atoms with Crippen LogP contribution in [0.2, 0.25) is 0 Å². The van der Waals surface area contributed by atoms with Gasteiger partial charge in [-0.1, -0.05) is 17.3 Å². The van der Waals surface area contributed by atoms with Gasteiger partial charge in [-0.05, 0) is 18.6 Å². The predicted molar refractivity (Wildman–Crippen MR) is 44.4 cm³/mol. The zero-order chi connectivity index (χ0) is 9.26. The fraction of sp³-hybridized carbons (Fsp3) is 0.111. The predicted octanol–water partition coefficient (Wildman–Crippen LogP) is 2.18. The van der Waals surface area contributed by atoms with Crippen LogP contribution in [0, 0.1) is 12.7 Å². The molecule has 0 atom stereocenters. The van der Waals surface area contributed by atoms with Crippen LogP contribution < -0.4 is 0 Å². The summed E-state index contributed by atoms with van der Waals surface area (Å²) in [4.78, 5) is 3.79. The Balaban J connectivity index is 2.64. The first-order valence-corrected chi connectivity index (χ1v) is 3.81. The minimum atomic E-state index is -0.332. The minimum Gasteiger partial charge on any atom is -0.342 e. The normalized spacial score (nSPS) is 10.3. The van der Waals surface area contributed by atoms with Crippen LogP contribution in [0.4, 0.5) is 4.39 Å². The summed E-state index contributed by atoms with van der Waals surface area (Å²) in [5.74, 6) is -0.0444. The van der Waals surface area contributed by atoms with Crippen molar-refractivity contribution in [1.29, 1.82) is 0 Å². The lowest BCUT2D eigenvalue weighted by Gasteiger charge is -2.00. The smallest absolute Gasteiger partial charge is 0.214 e. The number of benzene rings is 1. The standard InChI is InChI=1S/C9H7FN2O/c1-6-3-2-4-7(10)8(6)9-11-5-13-12-9/h2-5H,1H3. The van der Waals surface area contributed by atoms with Gasteiger partial charge >= 0.3 is 0 Å². The molecule has 0 saturated carbocycles. The summed E-state index contributed by atoms with van der Waals surface area (Å²) in [5, 5.41) is 3.58. The van der Waals surface area contributed by atoms with E-state index in [2.05, 4.69) is 14.7 Å². The number of hydrogen-bond acceptors (Lipinski definition) is 3. The summed E-state index contributed by atoms with van der Waals surface area (Å²) in [6, 6.07) is 4.82. The van der Waals surface area contributed by atoms with Gasteiger partial charge in [0.15, 0.2) is 0 Å². The van der Waals surface area contributed by atoms with Gasteiger partial charge in [-0.15, -0.1) is 0 Å². The average Bonchev–Trinajstić information content (AvgIpc) is 2.57. The van der Waals surface area contributed by atoms with Gasteiger partial charge in [0.2, 0.25) is 12.2 Å². The highest BCUT2D eigenvalue weighted by molar-refractivity contribution is 5.59. The van der Waals surface area contributed by atoms with E-state index in [1.54, 1.807) is 19.1 Å². The molecule has 0 spiro atoms. The first kappa shape index (κ1) is 7.91. The minimum absolute atomic E-state index is 0.288. The van der Waals surface area contributed by atoms with Crippen LogP contribution in [0.1, 0.15) is 5.56 Å². The SMILES string of the molecule is Cc1cccc(F)c1-c1ncon1. The van der Waals surface area contributed by atoms with Crippen LogP contribution in [-0.2, 0) is 0 Å². The molecule has 2 rings (SSSR count). The summed E-state index contributed by atoms with van der Waals surface area (Å²) >= 11 is 0. The van der Waals surface area contributed by atoms with Crippen molar-refractivity contribution in [3.63, 3.8) is 0 Å². The maximum absolute atomic E-state index is 13.3. The van der Waals surface area contributed by atoms with Gasteiger partial charge in [0.05, 0.1) is 5.56 Å². The molecule has 0 amide bonds. The van der Waals surface area contributed by atoms with Crippen molar-refractivity contribution in [2.45, 2.75) is 6.92 Å². The van der Waals surface area contributed by atoms with E-state index in [0.717, 1.165) is 5.56 Å². The largest absolute Gasteiger partial charge is 0.342 e. The summed E-state index contributed by atoms with van der Waals surface area (Å²) in [6.45, 7) is 1.80. The second-order valence-corrected chi connectivity index (χ2v) is 2.69. The lowest BCUT2D eigenvalue weighted by Crippen LogP contribution is -1.89. The van der Waals surface area contributed by atoms with E-state index in [4.69, 9.17) is 0 Å². The Bertz CT molecular complexity index is 391. The second-order valence-electron chi connectivity index (χ2n) is 2.69. The maximum Gasteiger partial charge on any atom is 0.214 e. The van der Waals surface area contributed by atoms with Crippen LogP contribution in [0.3, 0.4) is 0 Å². The van der Waals surface area contributed by atoms with Crippen LogP contribution in [0.25, 0.3) is 11.4 Å². The van der Waals surface area contributed by atoms with Gasteiger partial charge in [-0.25, -0.2) is 4.39 Å². The van der Waals surface area contributed by atoms with Crippen molar-refractivity contribution in [2.75, 3.05) is 0 Å². The molecule has 0 fully saturated rings. The number of hydrogen-bond donors (Lipinski definition) is 0. The molecule has 13 heavy (non-hydrogen) atoms. The van der Waals surface area contributed by atoms with Crippen LogP contribution in [0.5, 0.6) is 0 Å². The molecule has 2 aromatic rings. The van der Waals surface area contributed by atoms with Gasteiger partial charge in [-0.2, -0.15) is 4.98 Å². The van der Waals surface area contributed by atoms with E-state index < -0.39 is 0 Å². The highest BCUT2D eigenvalue weighted by Crippen LogP contribution is 2.22. The Labute approximate surface area is 74.2 Å². The summed E-state index contributed by atoms with van der Waals surface area (Å²) in [7, 11) is 0. The van der Waals surface area contributed by atoms with E-state index in [0.29, 0.717) is 5.56 Å². The summed E-state index contributed by atoms with van der Waals surface area (Å²) in [6.07, 6.45) is 1.18. The van der Waals surface area contributed by atoms with Crippen LogP contribution >= 0.6 is 0 Å². The van der Waals surface area contributed by atoms with Gasteiger partial charge in [-0.3, -0.25) is 0 Å². The van der Waals surface area contributed by atoms with Gasteiger partial charge in [0.1, 0.15) is 5.82 Å². The van der Waals surface area contributed by atoms with Crippen LogP contribution in [0.15, 0.2) is 29.1 Å². The van der Waals surface area contributed by atoms with Crippen molar-refractivity contribution in [2.24, 2.45) is 0 Å². The molecular formula is C9H7FN2O. The van der Waals surface area contributed by atoms with Gasteiger partial charge in [0.25, 0.3) is 0 Å². The molecule has 66 valence electrons. The Morgan fingerprint density at radius 3 is 2.85 bits per heavy atom. The Morgan fingerprint density at radius 2 is 2.23 bits per heavy atom.